The summed E-state index contributed by atoms with van der Waals surface area (Å²) in [4.78, 5) is 0. The smallest absolute Gasteiger partial charge is 0.0254 e. The lowest BCUT2D eigenvalue weighted by atomic mass is 10.1. The highest BCUT2D eigenvalue weighted by atomic mass is 13.9. The van der Waals surface area contributed by atoms with Crippen LogP contribution in [-0.4, -0.2) is 0 Å². The van der Waals surface area contributed by atoms with Crippen LogP contribution >= 0.6 is 0 Å². The fraction of sp³-hybridized carbons (Fsp3) is 0.231. The first-order valence-electron chi connectivity index (χ1n) is 4.57. The summed E-state index contributed by atoms with van der Waals surface area (Å²) in [6.45, 7) is 6.35. The SMILES string of the molecule is CC(C)=C/C(C)=C\c1ccccc1. The Kier molecular flexibility index (Phi) is 3.51. The van der Waals surface area contributed by atoms with Crippen LogP contribution in [0.2, 0.25) is 0 Å². The lowest BCUT2D eigenvalue weighted by Gasteiger charge is -1.95. The summed E-state index contributed by atoms with van der Waals surface area (Å²) >= 11 is 0. The second-order valence-electron chi connectivity index (χ2n) is 3.52. The number of allylic oxidation sites excluding steroid dienone is 3. The third-order valence-electron chi connectivity index (χ3n) is 1.71. The zero-order valence-electron chi connectivity index (χ0n) is 8.54. The van der Waals surface area contributed by atoms with Crippen LogP contribution in [0.25, 0.3) is 6.08 Å². The molecule has 0 aliphatic heterocycles. The summed E-state index contributed by atoms with van der Waals surface area (Å²) in [5.74, 6) is 0. The Labute approximate surface area is 80.6 Å². The second-order valence-corrected chi connectivity index (χ2v) is 3.52. The number of hydrogen-bond acceptors (Lipinski definition) is 0. The third-order valence-corrected chi connectivity index (χ3v) is 1.71. The third kappa shape index (κ3) is 3.75. The number of rotatable bonds is 2. The van der Waals surface area contributed by atoms with E-state index in [0.29, 0.717) is 0 Å². The van der Waals surface area contributed by atoms with Crippen molar-refractivity contribution in [3.8, 4) is 0 Å². The van der Waals surface area contributed by atoms with Gasteiger partial charge in [-0.2, -0.15) is 0 Å². The van der Waals surface area contributed by atoms with E-state index in [2.05, 4.69) is 57.2 Å². The monoisotopic (exact) mass is 172 g/mol. The van der Waals surface area contributed by atoms with Gasteiger partial charge in [0.1, 0.15) is 0 Å². The Morgan fingerprint density at radius 3 is 2.15 bits per heavy atom. The van der Waals surface area contributed by atoms with Crippen LogP contribution in [0.5, 0.6) is 0 Å². The van der Waals surface area contributed by atoms with Gasteiger partial charge in [0, 0.05) is 0 Å². The van der Waals surface area contributed by atoms with Gasteiger partial charge in [-0.3, -0.25) is 0 Å². The summed E-state index contributed by atoms with van der Waals surface area (Å²) in [6.07, 6.45) is 4.38. The van der Waals surface area contributed by atoms with E-state index in [9.17, 15) is 0 Å². The van der Waals surface area contributed by atoms with Crippen molar-refractivity contribution in [3.63, 3.8) is 0 Å². The predicted octanol–water partition coefficient (Wildman–Crippen LogP) is 4.06. The Balaban J connectivity index is 2.83. The van der Waals surface area contributed by atoms with Gasteiger partial charge >= 0.3 is 0 Å². The first-order chi connectivity index (χ1) is 6.18. The lowest BCUT2D eigenvalue weighted by Crippen LogP contribution is -1.74. The molecule has 0 fully saturated rings. The minimum absolute atomic E-state index is 1.26. The van der Waals surface area contributed by atoms with Crippen molar-refractivity contribution in [2.24, 2.45) is 0 Å². The van der Waals surface area contributed by atoms with Crippen LogP contribution in [-0.2, 0) is 0 Å². The van der Waals surface area contributed by atoms with Crippen LogP contribution in [0.1, 0.15) is 26.3 Å². The van der Waals surface area contributed by atoms with Crippen LogP contribution in [0.4, 0.5) is 0 Å². The Hall–Kier alpha value is -1.30. The van der Waals surface area contributed by atoms with Crippen molar-refractivity contribution in [2.45, 2.75) is 20.8 Å². The average Bonchev–Trinajstić information content (AvgIpc) is 2.04. The van der Waals surface area contributed by atoms with E-state index in [0.717, 1.165) is 0 Å². The van der Waals surface area contributed by atoms with Gasteiger partial charge in [-0.1, -0.05) is 53.6 Å². The van der Waals surface area contributed by atoms with E-state index in [1.807, 2.05) is 6.07 Å². The molecule has 1 rings (SSSR count). The summed E-state index contributed by atoms with van der Waals surface area (Å²) in [5, 5.41) is 0. The Morgan fingerprint density at radius 1 is 1.00 bits per heavy atom. The quantitative estimate of drug-likeness (QED) is 0.590. The maximum atomic E-state index is 2.19. The molecule has 0 aliphatic rings. The van der Waals surface area contributed by atoms with Crippen molar-refractivity contribution >= 4 is 6.08 Å². The molecule has 0 N–H and O–H groups in total. The fourth-order valence-corrected chi connectivity index (χ4v) is 1.31. The molecule has 0 nitrogen and oxygen atoms in total. The zero-order valence-corrected chi connectivity index (χ0v) is 8.54. The highest BCUT2D eigenvalue weighted by Gasteiger charge is 1.86. The molecular weight excluding hydrogens is 156 g/mol. The van der Waals surface area contributed by atoms with Crippen molar-refractivity contribution in [1.82, 2.24) is 0 Å². The van der Waals surface area contributed by atoms with Gasteiger partial charge in [-0.25, -0.2) is 0 Å². The van der Waals surface area contributed by atoms with Gasteiger partial charge in [-0.15, -0.1) is 0 Å². The van der Waals surface area contributed by atoms with E-state index in [-0.39, 0.29) is 0 Å². The van der Waals surface area contributed by atoms with Gasteiger partial charge in [0.05, 0.1) is 0 Å². The molecule has 0 atom stereocenters. The average molecular weight is 172 g/mol. The molecule has 0 unspecified atom stereocenters. The van der Waals surface area contributed by atoms with Crippen LogP contribution in [0, 0.1) is 0 Å². The largest absolute Gasteiger partial charge is 0.0762 e. The molecule has 0 aromatic heterocycles. The summed E-state index contributed by atoms with van der Waals surface area (Å²) in [7, 11) is 0. The fourth-order valence-electron chi connectivity index (χ4n) is 1.31. The predicted molar refractivity (Wildman–Crippen MR) is 59.5 cm³/mol. The topological polar surface area (TPSA) is 0 Å². The van der Waals surface area contributed by atoms with E-state index in [1.54, 1.807) is 0 Å². The highest BCUT2D eigenvalue weighted by Crippen LogP contribution is 2.08. The van der Waals surface area contributed by atoms with Crippen LogP contribution in [0.3, 0.4) is 0 Å². The standard InChI is InChI=1S/C13H16/c1-11(2)9-12(3)10-13-7-5-4-6-8-13/h4-10H,1-3H3/b12-10-. The Morgan fingerprint density at radius 2 is 1.62 bits per heavy atom. The molecule has 0 radical (unpaired) electrons. The van der Waals surface area contributed by atoms with Gasteiger partial charge in [0.2, 0.25) is 0 Å². The van der Waals surface area contributed by atoms with E-state index in [1.165, 1.54) is 16.7 Å². The molecule has 1 aromatic rings. The van der Waals surface area contributed by atoms with E-state index < -0.39 is 0 Å². The molecule has 0 saturated carbocycles. The van der Waals surface area contributed by atoms with Gasteiger partial charge in [0.25, 0.3) is 0 Å². The summed E-state index contributed by atoms with van der Waals surface area (Å²) < 4.78 is 0. The zero-order chi connectivity index (χ0) is 9.68. The molecule has 0 saturated heterocycles. The maximum absolute atomic E-state index is 2.19. The molecule has 0 heteroatoms. The van der Waals surface area contributed by atoms with Crippen LogP contribution in [0.15, 0.2) is 47.6 Å². The molecular formula is C13H16. The molecule has 1 aromatic carbocycles. The van der Waals surface area contributed by atoms with Crippen molar-refractivity contribution < 1.29 is 0 Å². The number of hydrogen-bond donors (Lipinski definition) is 0. The first kappa shape index (κ1) is 9.79. The molecule has 0 bridgehead atoms. The summed E-state index contributed by atoms with van der Waals surface area (Å²) in [6, 6.07) is 10.4. The van der Waals surface area contributed by atoms with Crippen molar-refractivity contribution in [1.29, 1.82) is 0 Å². The van der Waals surface area contributed by atoms with Crippen molar-refractivity contribution in [2.75, 3.05) is 0 Å². The molecule has 0 amide bonds. The maximum Gasteiger partial charge on any atom is -0.0254 e. The Bertz CT molecular complexity index is 311. The summed E-state index contributed by atoms with van der Waals surface area (Å²) in [5.41, 5.74) is 3.90. The number of benzene rings is 1. The lowest BCUT2D eigenvalue weighted by molar-refractivity contribution is 1.36. The van der Waals surface area contributed by atoms with Gasteiger partial charge in [0.15, 0.2) is 0 Å². The van der Waals surface area contributed by atoms with Gasteiger partial charge < -0.3 is 0 Å². The molecule has 0 aliphatic carbocycles. The van der Waals surface area contributed by atoms with Gasteiger partial charge in [-0.05, 0) is 26.3 Å². The van der Waals surface area contributed by atoms with E-state index in [4.69, 9.17) is 0 Å². The minimum Gasteiger partial charge on any atom is -0.0762 e. The highest BCUT2D eigenvalue weighted by molar-refractivity contribution is 5.55. The van der Waals surface area contributed by atoms with Crippen molar-refractivity contribution in [3.05, 3.63) is 53.1 Å². The molecule has 13 heavy (non-hydrogen) atoms. The van der Waals surface area contributed by atoms with E-state index >= 15 is 0 Å². The first-order valence-corrected chi connectivity index (χ1v) is 4.57. The van der Waals surface area contributed by atoms with Crippen LogP contribution < -0.4 is 0 Å². The molecule has 0 heterocycles. The molecule has 0 spiro atoms. The molecule has 68 valence electrons. The second kappa shape index (κ2) is 4.66. The normalized spacial score (nSPS) is 11.2. The minimum atomic E-state index is 1.26.